The molecule has 0 spiro atoms. The third-order valence-corrected chi connectivity index (χ3v) is 4.32. The molecule has 0 radical (unpaired) electrons. The highest BCUT2D eigenvalue weighted by atomic mass is 16.2. The van der Waals surface area contributed by atoms with Crippen molar-refractivity contribution in [1.82, 2.24) is 19.7 Å². The summed E-state index contributed by atoms with van der Waals surface area (Å²) in [6.07, 6.45) is 4.95. The van der Waals surface area contributed by atoms with Crippen LogP contribution in [0.15, 0.2) is 24.7 Å². The third-order valence-electron chi connectivity index (χ3n) is 4.32. The minimum Gasteiger partial charge on any atom is -0.367 e. The first-order valence-electron chi connectivity index (χ1n) is 7.91. The number of aryl methyl sites for hydroxylation is 2. The van der Waals surface area contributed by atoms with Crippen LogP contribution in [0.25, 0.3) is 0 Å². The molecule has 0 aromatic carbocycles. The average molecular weight is 324 g/mol. The van der Waals surface area contributed by atoms with Gasteiger partial charge in [-0.05, 0) is 19.9 Å². The Bertz CT molecular complexity index is 806. The van der Waals surface area contributed by atoms with E-state index < -0.39 is 0 Å². The summed E-state index contributed by atoms with van der Waals surface area (Å²) in [6, 6.07) is 4.18. The van der Waals surface area contributed by atoms with Crippen molar-refractivity contribution >= 4 is 11.6 Å². The fourth-order valence-corrected chi connectivity index (χ4v) is 3.07. The quantitative estimate of drug-likeness (QED) is 0.833. The van der Waals surface area contributed by atoms with Gasteiger partial charge in [-0.3, -0.25) is 14.5 Å². The van der Waals surface area contributed by atoms with Crippen molar-refractivity contribution in [3.05, 3.63) is 41.5 Å². The highest BCUT2D eigenvalue weighted by Crippen LogP contribution is 2.24. The third kappa shape index (κ3) is 2.95. The topological polar surface area (TPSA) is 78.0 Å². The van der Waals surface area contributed by atoms with Gasteiger partial charge in [-0.25, -0.2) is 0 Å². The van der Waals surface area contributed by atoms with Crippen LogP contribution >= 0.6 is 0 Å². The molecule has 0 aliphatic carbocycles. The van der Waals surface area contributed by atoms with E-state index in [1.807, 2.05) is 24.8 Å². The summed E-state index contributed by atoms with van der Waals surface area (Å²) in [5.74, 6) is 0.00154. The van der Waals surface area contributed by atoms with Gasteiger partial charge in [-0.2, -0.15) is 10.4 Å². The first-order valence-corrected chi connectivity index (χ1v) is 7.91. The lowest BCUT2D eigenvalue weighted by molar-refractivity contribution is 0.0674. The molecule has 3 heterocycles. The van der Waals surface area contributed by atoms with Gasteiger partial charge in [0.05, 0.1) is 23.0 Å². The van der Waals surface area contributed by atoms with Crippen molar-refractivity contribution < 1.29 is 4.79 Å². The number of nitrogens with zero attached hydrogens (tertiary/aromatic N) is 6. The number of amides is 1. The molecule has 1 aliphatic heterocycles. The van der Waals surface area contributed by atoms with Crippen LogP contribution in [0.3, 0.4) is 0 Å². The fourth-order valence-electron chi connectivity index (χ4n) is 3.07. The Kier molecular flexibility index (Phi) is 4.21. The van der Waals surface area contributed by atoms with Crippen molar-refractivity contribution in [2.24, 2.45) is 7.05 Å². The predicted molar refractivity (Wildman–Crippen MR) is 89.6 cm³/mol. The minimum atomic E-state index is 0.00154. The van der Waals surface area contributed by atoms with Crippen LogP contribution in [0.2, 0.25) is 0 Å². The van der Waals surface area contributed by atoms with Gasteiger partial charge in [0.1, 0.15) is 6.07 Å². The number of carbonyl (C=O) groups excluding carboxylic acids is 1. The standard InChI is InChI=1S/C17H20N6O/c1-12-6-16(14(7-18)8-19-12)22-4-5-23(13(2)10-22)17(24)15-9-20-21(3)11-15/h6,8-9,11,13H,4-5,10H2,1-3H3/t13-/m0/s1. The van der Waals surface area contributed by atoms with Crippen molar-refractivity contribution in [3.8, 4) is 6.07 Å². The molecule has 3 rings (SSSR count). The molecule has 2 aromatic rings. The summed E-state index contributed by atoms with van der Waals surface area (Å²) >= 11 is 0. The summed E-state index contributed by atoms with van der Waals surface area (Å²) < 4.78 is 1.63. The van der Waals surface area contributed by atoms with E-state index in [4.69, 9.17) is 0 Å². The second-order valence-corrected chi connectivity index (χ2v) is 6.15. The number of hydrogen-bond acceptors (Lipinski definition) is 5. The lowest BCUT2D eigenvalue weighted by Crippen LogP contribution is -2.54. The van der Waals surface area contributed by atoms with E-state index in [0.29, 0.717) is 30.8 Å². The monoisotopic (exact) mass is 324 g/mol. The van der Waals surface area contributed by atoms with Crippen LogP contribution in [0.5, 0.6) is 0 Å². The van der Waals surface area contributed by atoms with Gasteiger partial charge in [-0.1, -0.05) is 0 Å². The Morgan fingerprint density at radius 3 is 2.79 bits per heavy atom. The first kappa shape index (κ1) is 16.0. The van der Waals surface area contributed by atoms with Gasteiger partial charge in [-0.15, -0.1) is 0 Å². The molecule has 1 atom stereocenters. The number of anilines is 1. The molecule has 1 amide bonds. The van der Waals surface area contributed by atoms with E-state index in [2.05, 4.69) is 21.1 Å². The summed E-state index contributed by atoms with van der Waals surface area (Å²) in [7, 11) is 1.80. The Hall–Kier alpha value is -2.88. The normalized spacial score (nSPS) is 17.7. The van der Waals surface area contributed by atoms with Crippen LogP contribution in [0, 0.1) is 18.3 Å². The van der Waals surface area contributed by atoms with E-state index in [-0.39, 0.29) is 11.9 Å². The Morgan fingerprint density at radius 1 is 1.38 bits per heavy atom. The number of carbonyl (C=O) groups is 1. The number of aromatic nitrogens is 3. The largest absolute Gasteiger partial charge is 0.367 e. The first-order chi connectivity index (χ1) is 11.5. The Morgan fingerprint density at radius 2 is 2.17 bits per heavy atom. The van der Waals surface area contributed by atoms with Crippen molar-refractivity contribution in [3.63, 3.8) is 0 Å². The van der Waals surface area contributed by atoms with Gasteiger partial charge in [0.25, 0.3) is 5.91 Å². The van der Waals surface area contributed by atoms with E-state index in [0.717, 1.165) is 11.4 Å². The maximum Gasteiger partial charge on any atom is 0.257 e. The van der Waals surface area contributed by atoms with Crippen molar-refractivity contribution in [2.75, 3.05) is 24.5 Å². The lowest BCUT2D eigenvalue weighted by atomic mass is 10.1. The van der Waals surface area contributed by atoms with Gasteiger partial charge >= 0.3 is 0 Å². The molecule has 7 nitrogen and oxygen atoms in total. The maximum atomic E-state index is 12.6. The number of pyridine rings is 1. The Balaban J connectivity index is 1.77. The van der Waals surface area contributed by atoms with E-state index in [1.54, 1.807) is 30.3 Å². The zero-order chi connectivity index (χ0) is 17.3. The van der Waals surface area contributed by atoms with Crippen molar-refractivity contribution in [2.45, 2.75) is 19.9 Å². The zero-order valence-corrected chi connectivity index (χ0v) is 14.1. The molecule has 0 unspecified atom stereocenters. The van der Waals surface area contributed by atoms with Gasteiger partial charge in [0.15, 0.2) is 0 Å². The molecule has 24 heavy (non-hydrogen) atoms. The number of hydrogen-bond donors (Lipinski definition) is 0. The van der Waals surface area contributed by atoms with Gasteiger partial charge in [0, 0.05) is 50.8 Å². The number of rotatable bonds is 2. The van der Waals surface area contributed by atoms with Crippen LogP contribution in [0.1, 0.15) is 28.5 Å². The summed E-state index contributed by atoms with van der Waals surface area (Å²) in [4.78, 5) is 20.8. The number of piperazine rings is 1. The molecule has 0 saturated carbocycles. The average Bonchev–Trinajstić information content (AvgIpc) is 3.00. The summed E-state index contributed by atoms with van der Waals surface area (Å²) in [6.45, 7) is 5.93. The van der Waals surface area contributed by atoms with Crippen LogP contribution < -0.4 is 4.90 Å². The lowest BCUT2D eigenvalue weighted by Gasteiger charge is -2.41. The van der Waals surface area contributed by atoms with Crippen LogP contribution in [-0.4, -0.2) is 51.2 Å². The molecule has 7 heteroatoms. The highest BCUT2D eigenvalue weighted by molar-refractivity contribution is 5.94. The second-order valence-electron chi connectivity index (χ2n) is 6.15. The van der Waals surface area contributed by atoms with Gasteiger partial charge < -0.3 is 9.80 Å². The predicted octanol–water partition coefficient (Wildman–Crippen LogP) is 1.35. The molecular formula is C17H20N6O. The zero-order valence-electron chi connectivity index (χ0n) is 14.1. The molecule has 2 aromatic heterocycles. The molecule has 1 saturated heterocycles. The van der Waals surface area contributed by atoms with E-state index in [1.165, 1.54) is 0 Å². The smallest absolute Gasteiger partial charge is 0.257 e. The highest BCUT2D eigenvalue weighted by Gasteiger charge is 2.29. The van der Waals surface area contributed by atoms with E-state index >= 15 is 0 Å². The molecule has 1 fully saturated rings. The second kappa shape index (κ2) is 6.32. The van der Waals surface area contributed by atoms with Crippen LogP contribution in [0.4, 0.5) is 5.69 Å². The molecule has 0 N–H and O–H groups in total. The van der Waals surface area contributed by atoms with E-state index in [9.17, 15) is 10.1 Å². The van der Waals surface area contributed by atoms with Crippen molar-refractivity contribution in [1.29, 1.82) is 5.26 Å². The molecule has 1 aliphatic rings. The molecular weight excluding hydrogens is 304 g/mol. The summed E-state index contributed by atoms with van der Waals surface area (Å²) in [5, 5.41) is 13.4. The fraction of sp³-hybridized carbons (Fsp3) is 0.412. The number of nitriles is 1. The maximum absolute atomic E-state index is 12.6. The Labute approximate surface area is 141 Å². The molecule has 0 bridgehead atoms. The van der Waals surface area contributed by atoms with Gasteiger partial charge in [0.2, 0.25) is 0 Å². The SMILES string of the molecule is Cc1cc(N2CCN(C(=O)c3cnn(C)c3)[C@@H](C)C2)c(C#N)cn1. The molecule has 124 valence electrons. The summed E-state index contributed by atoms with van der Waals surface area (Å²) in [5.41, 5.74) is 2.95. The van der Waals surface area contributed by atoms with Crippen LogP contribution in [-0.2, 0) is 7.05 Å². The minimum absolute atomic E-state index is 0.00154.